The van der Waals surface area contributed by atoms with Gasteiger partial charge in [-0.05, 0) is 12.1 Å². The van der Waals surface area contributed by atoms with Gasteiger partial charge in [-0.2, -0.15) is 5.10 Å². The van der Waals surface area contributed by atoms with Gasteiger partial charge >= 0.3 is 0 Å². The van der Waals surface area contributed by atoms with Crippen molar-refractivity contribution in [3.05, 3.63) is 36.2 Å². The Morgan fingerprint density at radius 1 is 1.14 bits per heavy atom. The smallest absolute Gasteiger partial charge is 0.181 e. The first kappa shape index (κ1) is 8.80. The lowest BCUT2D eigenvalue weighted by Crippen LogP contribution is -1.89. The molecule has 0 saturated carbocycles. The molecule has 0 fully saturated rings. The lowest BCUT2D eigenvalue weighted by molar-refractivity contribution is 0.584. The number of nitrogens with zero attached hydrogens (tertiary/aromatic N) is 3. The largest absolute Gasteiger partial charge is 0.255 e. The van der Waals surface area contributed by atoms with Crippen molar-refractivity contribution in [3.63, 3.8) is 0 Å². The van der Waals surface area contributed by atoms with E-state index in [2.05, 4.69) is 10.1 Å². The van der Waals surface area contributed by atoms with E-state index in [-0.39, 0.29) is 0 Å². The van der Waals surface area contributed by atoms with Crippen LogP contribution in [0.3, 0.4) is 0 Å². The van der Waals surface area contributed by atoms with Gasteiger partial charge < -0.3 is 0 Å². The summed E-state index contributed by atoms with van der Waals surface area (Å²) in [6.45, 7) is 0. The van der Waals surface area contributed by atoms with Crippen molar-refractivity contribution in [2.45, 2.75) is 0 Å². The lowest BCUT2D eigenvalue weighted by atomic mass is 10.2. The maximum Gasteiger partial charge on any atom is 0.181 e. The number of aromatic nitrogens is 3. The quantitative estimate of drug-likeness (QED) is 0.694. The summed E-state index contributed by atoms with van der Waals surface area (Å²) < 4.78 is 27.1. The molecule has 0 unspecified atom stereocenters. The molecule has 1 heterocycles. The van der Waals surface area contributed by atoms with Crippen molar-refractivity contribution in [2.75, 3.05) is 0 Å². The van der Waals surface area contributed by atoms with Crippen LogP contribution in [0.25, 0.3) is 11.4 Å². The minimum Gasteiger partial charge on any atom is -0.255 e. The van der Waals surface area contributed by atoms with Crippen molar-refractivity contribution < 1.29 is 8.78 Å². The summed E-state index contributed by atoms with van der Waals surface area (Å²) in [5.41, 5.74) is 0.336. The number of hydrogen-bond acceptors (Lipinski definition) is 2. The molecule has 0 aliphatic rings. The van der Waals surface area contributed by atoms with E-state index < -0.39 is 11.6 Å². The second kappa shape index (κ2) is 3.17. The van der Waals surface area contributed by atoms with Crippen molar-refractivity contribution >= 4 is 0 Å². The molecule has 3 nitrogen and oxygen atoms in total. The Kier molecular flexibility index (Phi) is 1.99. The van der Waals surface area contributed by atoms with Crippen molar-refractivity contribution in [1.29, 1.82) is 0 Å². The number of benzene rings is 1. The van der Waals surface area contributed by atoms with Crippen LogP contribution in [0, 0.1) is 11.6 Å². The summed E-state index contributed by atoms with van der Waals surface area (Å²) in [5, 5.41) is 3.94. The fourth-order valence-corrected chi connectivity index (χ4v) is 1.15. The Hall–Kier alpha value is -1.78. The van der Waals surface area contributed by atoms with Crippen LogP contribution < -0.4 is 0 Å². The van der Waals surface area contributed by atoms with Gasteiger partial charge in [0.05, 0.1) is 0 Å². The highest BCUT2D eigenvalue weighted by Crippen LogP contribution is 2.17. The first-order chi connectivity index (χ1) is 6.65. The minimum atomic E-state index is -0.632. The molecule has 0 N–H and O–H groups in total. The Balaban J connectivity index is 2.51. The standard InChI is InChI=1S/C9H7F2N3/c1-14-5-12-9(13-14)6-2-7(10)4-8(11)3-6/h2-5H,1H3. The van der Waals surface area contributed by atoms with Gasteiger partial charge in [0.15, 0.2) is 5.82 Å². The Morgan fingerprint density at radius 2 is 1.79 bits per heavy atom. The van der Waals surface area contributed by atoms with Gasteiger partial charge in [0, 0.05) is 18.7 Å². The topological polar surface area (TPSA) is 30.7 Å². The molecule has 5 heteroatoms. The number of rotatable bonds is 1. The molecule has 2 aromatic rings. The highest BCUT2D eigenvalue weighted by molar-refractivity contribution is 5.54. The fourth-order valence-electron chi connectivity index (χ4n) is 1.15. The van der Waals surface area contributed by atoms with Gasteiger partial charge in [0.1, 0.15) is 18.0 Å². The SMILES string of the molecule is Cn1cnc(-c2cc(F)cc(F)c2)n1. The molecule has 0 aliphatic carbocycles. The number of hydrogen-bond donors (Lipinski definition) is 0. The predicted octanol–water partition coefficient (Wildman–Crippen LogP) is 1.76. The zero-order valence-corrected chi connectivity index (χ0v) is 7.41. The summed E-state index contributed by atoms with van der Waals surface area (Å²) in [5.74, 6) is -0.953. The molecule has 0 atom stereocenters. The maximum atomic E-state index is 12.8. The molecular formula is C9H7F2N3. The number of halogens is 2. The fraction of sp³-hybridized carbons (Fsp3) is 0.111. The van der Waals surface area contributed by atoms with Crippen molar-refractivity contribution in [2.24, 2.45) is 7.05 Å². The highest BCUT2D eigenvalue weighted by atomic mass is 19.1. The van der Waals surface area contributed by atoms with Crippen LogP contribution in [0.4, 0.5) is 8.78 Å². The number of aryl methyl sites for hydroxylation is 1. The third-order valence-corrected chi connectivity index (χ3v) is 1.72. The molecule has 0 aliphatic heterocycles. The van der Waals surface area contributed by atoms with E-state index in [1.165, 1.54) is 23.1 Å². The van der Waals surface area contributed by atoms with Crippen LogP contribution in [-0.4, -0.2) is 14.8 Å². The lowest BCUT2D eigenvalue weighted by Gasteiger charge is -1.96. The van der Waals surface area contributed by atoms with Crippen LogP contribution in [0.1, 0.15) is 0 Å². The van der Waals surface area contributed by atoms with Crippen LogP contribution in [0.5, 0.6) is 0 Å². The van der Waals surface area contributed by atoms with Crippen LogP contribution >= 0.6 is 0 Å². The summed E-state index contributed by atoms with van der Waals surface area (Å²) in [7, 11) is 1.69. The van der Waals surface area contributed by atoms with Gasteiger partial charge in [-0.15, -0.1) is 0 Å². The van der Waals surface area contributed by atoms with Gasteiger partial charge in [-0.25, -0.2) is 13.8 Å². The minimum absolute atomic E-state index is 0.311. The van der Waals surface area contributed by atoms with Gasteiger partial charge in [-0.3, -0.25) is 4.68 Å². The first-order valence-corrected chi connectivity index (χ1v) is 3.97. The third-order valence-electron chi connectivity index (χ3n) is 1.72. The second-order valence-electron chi connectivity index (χ2n) is 2.90. The Bertz CT molecular complexity index is 445. The van der Waals surface area contributed by atoms with E-state index in [4.69, 9.17) is 0 Å². The normalized spacial score (nSPS) is 10.5. The second-order valence-corrected chi connectivity index (χ2v) is 2.90. The van der Waals surface area contributed by atoms with E-state index in [0.717, 1.165) is 6.07 Å². The van der Waals surface area contributed by atoms with Crippen LogP contribution in [-0.2, 0) is 7.05 Å². The molecule has 0 amide bonds. The average Bonchev–Trinajstić information content (AvgIpc) is 2.50. The monoisotopic (exact) mass is 195 g/mol. The molecule has 14 heavy (non-hydrogen) atoms. The zero-order valence-electron chi connectivity index (χ0n) is 7.41. The molecule has 0 radical (unpaired) electrons. The molecular weight excluding hydrogens is 188 g/mol. The Labute approximate surface area is 79.0 Å². The van der Waals surface area contributed by atoms with Gasteiger partial charge in [-0.1, -0.05) is 0 Å². The average molecular weight is 195 g/mol. The van der Waals surface area contributed by atoms with E-state index in [9.17, 15) is 8.78 Å². The summed E-state index contributed by atoms with van der Waals surface area (Å²) >= 11 is 0. The molecule has 0 bridgehead atoms. The third kappa shape index (κ3) is 1.61. The highest BCUT2D eigenvalue weighted by Gasteiger charge is 2.06. The van der Waals surface area contributed by atoms with E-state index in [1.54, 1.807) is 7.05 Å². The molecule has 1 aromatic carbocycles. The van der Waals surface area contributed by atoms with Crippen LogP contribution in [0.15, 0.2) is 24.5 Å². The van der Waals surface area contributed by atoms with Crippen molar-refractivity contribution in [3.8, 4) is 11.4 Å². The summed E-state index contributed by atoms with van der Waals surface area (Å²) in [6.07, 6.45) is 1.47. The van der Waals surface area contributed by atoms with Gasteiger partial charge in [0.2, 0.25) is 0 Å². The first-order valence-electron chi connectivity index (χ1n) is 3.97. The Morgan fingerprint density at radius 3 is 2.29 bits per heavy atom. The molecule has 1 aromatic heterocycles. The summed E-state index contributed by atoms with van der Waals surface area (Å²) in [4.78, 5) is 3.89. The van der Waals surface area contributed by atoms with Crippen LogP contribution in [0.2, 0.25) is 0 Å². The van der Waals surface area contributed by atoms with Crippen molar-refractivity contribution in [1.82, 2.24) is 14.8 Å². The molecule has 0 saturated heterocycles. The molecule has 72 valence electrons. The summed E-state index contributed by atoms with van der Waals surface area (Å²) in [6, 6.07) is 3.20. The zero-order chi connectivity index (χ0) is 10.1. The predicted molar refractivity (Wildman–Crippen MR) is 46.4 cm³/mol. The van der Waals surface area contributed by atoms with Gasteiger partial charge in [0.25, 0.3) is 0 Å². The van der Waals surface area contributed by atoms with E-state index in [1.807, 2.05) is 0 Å². The molecule has 0 spiro atoms. The van der Waals surface area contributed by atoms with E-state index >= 15 is 0 Å². The maximum absolute atomic E-state index is 12.8. The molecule has 2 rings (SSSR count). The van der Waals surface area contributed by atoms with E-state index in [0.29, 0.717) is 11.4 Å².